The predicted octanol–water partition coefficient (Wildman–Crippen LogP) is 4.81. The summed E-state index contributed by atoms with van der Waals surface area (Å²) in [6.07, 6.45) is 3.39. The standard InChI is InChI=1S/C26H33N3O3/c1-3-19(2)20-11-13-21(14-12-20)31-17-7-15-29-23-9-5-4-8-22(23)28-25(29)18-27-26(30)24-10-6-16-32-24/h4-5,8-9,11-14,19,24H,3,6-7,10,15-18H2,1-2H3,(H,27,30). The number of hydrogen-bond donors (Lipinski definition) is 1. The Bertz CT molecular complexity index is 1020. The van der Waals surface area contributed by atoms with E-state index in [9.17, 15) is 4.79 Å². The second kappa shape index (κ2) is 10.6. The number of ether oxygens (including phenoxy) is 2. The number of aromatic nitrogens is 2. The van der Waals surface area contributed by atoms with E-state index in [2.05, 4.69) is 54.1 Å². The molecule has 32 heavy (non-hydrogen) atoms. The SMILES string of the molecule is CCC(C)c1ccc(OCCCn2c(CNC(=O)C3CCCO3)nc3ccccc32)cc1. The molecule has 0 bridgehead atoms. The minimum absolute atomic E-state index is 0.0507. The van der Waals surface area contributed by atoms with Crippen molar-refractivity contribution < 1.29 is 14.3 Å². The van der Waals surface area contributed by atoms with Gasteiger partial charge in [0.15, 0.2) is 0 Å². The van der Waals surface area contributed by atoms with Gasteiger partial charge >= 0.3 is 0 Å². The van der Waals surface area contributed by atoms with Crippen LogP contribution in [-0.2, 0) is 22.6 Å². The molecule has 6 nitrogen and oxygen atoms in total. The Hall–Kier alpha value is -2.86. The largest absolute Gasteiger partial charge is 0.494 e. The van der Waals surface area contributed by atoms with Gasteiger partial charge in [0, 0.05) is 13.2 Å². The molecule has 170 valence electrons. The van der Waals surface area contributed by atoms with Gasteiger partial charge in [-0.1, -0.05) is 38.1 Å². The molecule has 4 rings (SSSR count). The van der Waals surface area contributed by atoms with Crippen molar-refractivity contribution in [1.29, 1.82) is 0 Å². The summed E-state index contributed by atoms with van der Waals surface area (Å²) in [6.45, 7) is 6.90. The summed E-state index contributed by atoms with van der Waals surface area (Å²) in [5.74, 6) is 2.27. The van der Waals surface area contributed by atoms with E-state index in [1.165, 1.54) is 5.56 Å². The van der Waals surface area contributed by atoms with Crippen molar-refractivity contribution in [3.8, 4) is 5.75 Å². The third kappa shape index (κ3) is 5.30. The van der Waals surface area contributed by atoms with Crippen LogP contribution < -0.4 is 10.1 Å². The number of aryl methyl sites for hydroxylation is 1. The Morgan fingerprint density at radius 2 is 2.06 bits per heavy atom. The molecule has 1 saturated heterocycles. The normalized spacial score (nSPS) is 16.9. The lowest BCUT2D eigenvalue weighted by atomic mass is 9.99. The van der Waals surface area contributed by atoms with E-state index in [0.717, 1.165) is 54.8 Å². The zero-order valence-electron chi connectivity index (χ0n) is 19.0. The number of amides is 1. The highest BCUT2D eigenvalue weighted by Gasteiger charge is 2.23. The number of benzene rings is 2. The van der Waals surface area contributed by atoms with Crippen molar-refractivity contribution in [2.75, 3.05) is 13.2 Å². The lowest BCUT2D eigenvalue weighted by molar-refractivity contribution is -0.130. The molecule has 0 saturated carbocycles. The van der Waals surface area contributed by atoms with Crippen molar-refractivity contribution in [3.05, 3.63) is 59.9 Å². The fourth-order valence-electron chi connectivity index (χ4n) is 4.12. The average Bonchev–Trinajstić information content (AvgIpc) is 3.49. The number of carbonyl (C=O) groups excluding carboxylic acids is 1. The van der Waals surface area contributed by atoms with E-state index in [4.69, 9.17) is 14.5 Å². The van der Waals surface area contributed by atoms with E-state index >= 15 is 0 Å². The maximum absolute atomic E-state index is 12.4. The van der Waals surface area contributed by atoms with Crippen LogP contribution in [0.5, 0.6) is 5.75 Å². The minimum Gasteiger partial charge on any atom is -0.494 e. The van der Waals surface area contributed by atoms with E-state index in [1.54, 1.807) is 0 Å². The van der Waals surface area contributed by atoms with E-state index in [-0.39, 0.29) is 12.0 Å². The third-order valence-electron chi connectivity index (χ3n) is 6.23. The quantitative estimate of drug-likeness (QED) is 0.464. The van der Waals surface area contributed by atoms with Gasteiger partial charge in [-0.25, -0.2) is 4.98 Å². The summed E-state index contributed by atoms with van der Waals surface area (Å²) >= 11 is 0. The van der Waals surface area contributed by atoms with E-state index in [0.29, 0.717) is 25.7 Å². The number of hydrogen-bond acceptors (Lipinski definition) is 4. The van der Waals surface area contributed by atoms with Crippen molar-refractivity contribution in [3.63, 3.8) is 0 Å². The Morgan fingerprint density at radius 1 is 1.25 bits per heavy atom. The maximum Gasteiger partial charge on any atom is 0.249 e. The summed E-state index contributed by atoms with van der Waals surface area (Å²) in [5, 5.41) is 3.00. The van der Waals surface area contributed by atoms with Gasteiger partial charge in [0.05, 0.1) is 24.2 Å². The summed E-state index contributed by atoms with van der Waals surface area (Å²) in [7, 11) is 0. The van der Waals surface area contributed by atoms with Crippen LogP contribution in [-0.4, -0.2) is 34.8 Å². The van der Waals surface area contributed by atoms with Crippen LogP contribution >= 0.6 is 0 Å². The van der Waals surface area contributed by atoms with Crippen molar-refractivity contribution in [2.24, 2.45) is 0 Å². The van der Waals surface area contributed by atoms with Crippen LogP contribution in [0.4, 0.5) is 0 Å². The number of nitrogens with zero attached hydrogens (tertiary/aromatic N) is 2. The van der Waals surface area contributed by atoms with Gasteiger partial charge in [0.25, 0.3) is 0 Å². The summed E-state index contributed by atoms with van der Waals surface area (Å²) in [5.41, 5.74) is 3.36. The van der Waals surface area contributed by atoms with Gasteiger partial charge in [0.1, 0.15) is 17.7 Å². The Balaban J connectivity index is 1.35. The van der Waals surface area contributed by atoms with Crippen LogP contribution in [0.2, 0.25) is 0 Å². The van der Waals surface area contributed by atoms with Crippen LogP contribution in [0, 0.1) is 0 Å². The number of para-hydroxylation sites is 2. The van der Waals surface area contributed by atoms with Crippen LogP contribution in [0.3, 0.4) is 0 Å². The van der Waals surface area contributed by atoms with Gasteiger partial charge in [-0.3, -0.25) is 4.79 Å². The Labute approximate surface area is 189 Å². The third-order valence-corrected chi connectivity index (χ3v) is 6.23. The summed E-state index contributed by atoms with van der Waals surface area (Å²) in [6, 6.07) is 16.5. The van der Waals surface area contributed by atoms with Crippen molar-refractivity contribution in [2.45, 2.75) is 64.6 Å². The molecule has 1 N–H and O–H groups in total. The topological polar surface area (TPSA) is 65.4 Å². The highest BCUT2D eigenvalue weighted by atomic mass is 16.5. The molecule has 1 aliphatic heterocycles. The highest BCUT2D eigenvalue weighted by molar-refractivity contribution is 5.81. The van der Waals surface area contributed by atoms with Gasteiger partial charge in [-0.05, 0) is 61.4 Å². The average molecular weight is 436 g/mol. The van der Waals surface area contributed by atoms with Gasteiger partial charge in [-0.15, -0.1) is 0 Å². The van der Waals surface area contributed by atoms with Crippen LogP contribution in [0.15, 0.2) is 48.5 Å². The molecule has 2 aromatic carbocycles. The molecule has 6 heteroatoms. The zero-order chi connectivity index (χ0) is 22.3. The molecule has 0 radical (unpaired) electrons. The summed E-state index contributed by atoms with van der Waals surface area (Å²) in [4.78, 5) is 17.1. The van der Waals surface area contributed by atoms with Crippen molar-refractivity contribution in [1.82, 2.24) is 14.9 Å². The molecule has 1 aromatic heterocycles. The Morgan fingerprint density at radius 3 is 2.81 bits per heavy atom. The van der Waals surface area contributed by atoms with Crippen molar-refractivity contribution >= 4 is 16.9 Å². The van der Waals surface area contributed by atoms with E-state index in [1.807, 2.05) is 18.2 Å². The molecule has 1 aliphatic rings. The molecule has 2 heterocycles. The van der Waals surface area contributed by atoms with Gasteiger partial charge < -0.3 is 19.4 Å². The highest BCUT2D eigenvalue weighted by Crippen LogP contribution is 2.22. The first-order valence-corrected chi connectivity index (χ1v) is 11.7. The molecule has 1 fully saturated rings. The van der Waals surface area contributed by atoms with Crippen LogP contribution in [0.25, 0.3) is 11.0 Å². The number of carbonyl (C=O) groups is 1. The maximum atomic E-state index is 12.4. The molecule has 2 atom stereocenters. The predicted molar refractivity (Wildman–Crippen MR) is 126 cm³/mol. The monoisotopic (exact) mass is 435 g/mol. The van der Waals surface area contributed by atoms with Gasteiger partial charge in [0.2, 0.25) is 5.91 Å². The number of nitrogens with one attached hydrogen (secondary N) is 1. The first kappa shape index (κ1) is 22.3. The second-order valence-electron chi connectivity index (χ2n) is 8.47. The van der Waals surface area contributed by atoms with Crippen LogP contribution in [0.1, 0.15) is 56.8 Å². The number of fused-ring (bicyclic) bond motifs is 1. The fraction of sp³-hybridized carbons (Fsp3) is 0.462. The minimum atomic E-state index is -0.326. The van der Waals surface area contributed by atoms with Gasteiger partial charge in [-0.2, -0.15) is 0 Å². The molecule has 1 amide bonds. The molecule has 3 aromatic rings. The number of imidazole rings is 1. The Kier molecular flexibility index (Phi) is 7.43. The lowest BCUT2D eigenvalue weighted by Crippen LogP contribution is -2.34. The second-order valence-corrected chi connectivity index (χ2v) is 8.47. The van der Waals surface area contributed by atoms with E-state index < -0.39 is 0 Å². The molecule has 0 aliphatic carbocycles. The lowest BCUT2D eigenvalue weighted by Gasteiger charge is -2.13. The first-order valence-electron chi connectivity index (χ1n) is 11.7. The fourth-order valence-corrected chi connectivity index (χ4v) is 4.12. The zero-order valence-corrected chi connectivity index (χ0v) is 19.0. The molecule has 2 unspecified atom stereocenters. The number of rotatable bonds is 10. The molecular formula is C26H33N3O3. The molecule has 0 spiro atoms. The molecular weight excluding hydrogens is 402 g/mol. The first-order chi connectivity index (χ1) is 15.7. The smallest absolute Gasteiger partial charge is 0.249 e. The summed E-state index contributed by atoms with van der Waals surface area (Å²) < 4.78 is 13.6.